The standard InChI is InChI=1S/C22H28N6/c1-18-7-6-11-27(14-18)21-13-20(24-17-25-21)26(2)16-22-23-10-12-28(22)15-19-8-4-3-5-9-19/h3-5,8-10,12-13,17-18H,6-7,11,14-16H2,1-2H3. The first-order valence-corrected chi connectivity index (χ1v) is 10.0. The van der Waals surface area contributed by atoms with E-state index in [0.29, 0.717) is 6.54 Å². The minimum absolute atomic E-state index is 0.701. The maximum Gasteiger partial charge on any atom is 0.134 e. The van der Waals surface area contributed by atoms with Crippen molar-refractivity contribution in [3.63, 3.8) is 0 Å². The van der Waals surface area contributed by atoms with E-state index in [1.807, 2.05) is 18.5 Å². The van der Waals surface area contributed by atoms with E-state index in [0.717, 1.165) is 43.0 Å². The molecule has 146 valence electrons. The first-order valence-electron chi connectivity index (χ1n) is 10.0. The van der Waals surface area contributed by atoms with Gasteiger partial charge in [-0.1, -0.05) is 37.3 Å². The Morgan fingerprint density at radius 1 is 1.14 bits per heavy atom. The number of hydrogen-bond acceptors (Lipinski definition) is 5. The average Bonchev–Trinajstić information content (AvgIpc) is 3.15. The summed E-state index contributed by atoms with van der Waals surface area (Å²) in [5, 5.41) is 0. The summed E-state index contributed by atoms with van der Waals surface area (Å²) >= 11 is 0. The third-order valence-electron chi connectivity index (χ3n) is 5.39. The van der Waals surface area contributed by atoms with Gasteiger partial charge in [0.1, 0.15) is 23.8 Å². The maximum absolute atomic E-state index is 4.57. The summed E-state index contributed by atoms with van der Waals surface area (Å²) in [4.78, 5) is 18.1. The SMILES string of the molecule is CC1CCCN(c2cc(N(C)Cc3nccn3Cc3ccccc3)ncn2)C1. The summed E-state index contributed by atoms with van der Waals surface area (Å²) in [6.07, 6.45) is 8.12. The highest BCUT2D eigenvalue weighted by Gasteiger charge is 2.18. The van der Waals surface area contributed by atoms with Crippen molar-refractivity contribution in [2.24, 2.45) is 5.92 Å². The number of hydrogen-bond donors (Lipinski definition) is 0. The Balaban J connectivity index is 1.46. The molecule has 3 aromatic rings. The van der Waals surface area contributed by atoms with Crippen LogP contribution in [0.3, 0.4) is 0 Å². The molecule has 6 nitrogen and oxygen atoms in total. The molecule has 0 aliphatic carbocycles. The fourth-order valence-corrected chi connectivity index (χ4v) is 3.83. The summed E-state index contributed by atoms with van der Waals surface area (Å²) in [5.74, 6) is 3.70. The molecular formula is C22H28N6. The summed E-state index contributed by atoms with van der Waals surface area (Å²) in [5.41, 5.74) is 1.27. The van der Waals surface area contributed by atoms with Gasteiger partial charge in [0, 0.05) is 45.1 Å². The zero-order valence-electron chi connectivity index (χ0n) is 16.7. The molecule has 0 radical (unpaired) electrons. The molecular weight excluding hydrogens is 348 g/mol. The lowest BCUT2D eigenvalue weighted by Crippen LogP contribution is -2.35. The molecule has 2 aromatic heterocycles. The molecule has 0 spiro atoms. The number of imidazole rings is 1. The zero-order chi connectivity index (χ0) is 19.3. The second kappa shape index (κ2) is 8.42. The normalized spacial score (nSPS) is 16.9. The fourth-order valence-electron chi connectivity index (χ4n) is 3.83. The van der Waals surface area contributed by atoms with Crippen LogP contribution in [0.4, 0.5) is 11.6 Å². The van der Waals surface area contributed by atoms with Gasteiger partial charge in [-0.25, -0.2) is 15.0 Å². The van der Waals surface area contributed by atoms with Gasteiger partial charge < -0.3 is 14.4 Å². The van der Waals surface area contributed by atoms with Crippen LogP contribution in [-0.2, 0) is 13.1 Å². The van der Waals surface area contributed by atoms with Crippen LogP contribution in [0, 0.1) is 5.92 Å². The lowest BCUT2D eigenvalue weighted by Gasteiger charge is -2.32. The Morgan fingerprint density at radius 2 is 2.00 bits per heavy atom. The highest BCUT2D eigenvalue weighted by molar-refractivity contribution is 5.50. The Hall–Kier alpha value is -2.89. The molecule has 1 atom stereocenters. The molecule has 1 fully saturated rings. The van der Waals surface area contributed by atoms with E-state index in [1.165, 1.54) is 18.4 Å². The van der Waals surface area contributed by atoms with Gasteiger partial charge in [0.2, 0.25) is 0 Å². The highest BCUT2D eigenvalue weighted by atomic mass is 15.2. The molecule has 1 aliphatic rings. The molecule has 1 unspecified atom stereocenters. The summed E-state index contributed by atoms with van der Waals surface area (Å²) in [6.45, 7) is 5.98. The third-order valence-corrected chi connectivity index (χ3v) is 5.39. The van der Waals surface area contributed by atoms with Crippen LogP contribution in [0.25, 0.3) is 0 Å². The molecule has 0 amide bonds. The second-order valence-corrected chi connectivity index (χ2v) is 7.74. The van der Waals surface area contributed by atoms with Gasteiger partial charge in [0.25, 0.3) is 0 Å². The van der Waals surface area contributed by atoms with Gasteiger partial charge in [-0.2, -0.15) is 0 Å². The topological polar surface area (TPSA) is 50.1 Å². The van der Waals surface area contributed by atoms with Gasteiger partial charge in [0.05, 0.1) is 6.54 Å². The summed E-state index contributed by atoms with van der Waals surface area (Å²) in [7, 11) is 2.06. The molecule has 4 rings (SSSR count). The molecule has 1 aromatic carbocycles. The predicted molar refractivity (Wildman–Crippen MR) is 113 cm³/mol. The predicted octanol–water partition coefficient (Wildman–Crippen LogP) is 3.59. The van der Waals surface area contributed by atoms with E-state index >= 15 is 0 Å². The second-order valence-electron chi connectivity index (χ2n) is 7.74. The van der Waals surface area contributed by atoms with E-state index < -0.39 is 0 Å². The van der Waals surface area contributed by atoms with Crippen LogP contribution >= 0.6 is 0 Å². The van der Waals surface area contributed by atoms with Crippen molar-refractivity contribution in [1.82, 2.24) is 19.5 Å². The lowest BCUT2D eigenvalue weighted by molar-refractivity contribution is 0.444. The Morgan fingerprint density at radius 3 is 2.82 bits per heavy atom. The smallest absolute Gasteiger partial charge is 0.134 e. The Labute approximate surface area is 166 Å². The van der Waals surface area contributed by atoms with Gasteiger partial charge in [0.15, 0.2) is 0 Å². The van der Waals surface area contributed by atoms with Crippen LogP contribution < -0.4 is 9.80 Å². The molecule has 1 saturated heterocycles. The average molecular weight is 377 g/mol. The van der Waals surface area contributed by atoms with Gasteiger partial charge in [-0.15, -0.1) is 0 Å². The number of nitrogens with zero attached hydrogens (tertiary/aromatic N) is 6. The van der Waals surface area contributed by atoms with Crippen LogP contribution in [0.15, 0.2) is 55.1 Å². The largest absolute Gasteiger partial charge is 0.356 e. The summed E-state index contributed by atoms with van der Waals surface area (Å²) in [6, 6.07) is 12.6. The fraction of sp³-hybridized carbons (Fsp3) is 0.409. The van der Waals surface area contributed by atoms with Crippen molar-refractivity contribution in [2.75, 3.05) is 29.9 Å². The Kier molecular flexibility index (Phi) is 5.55. The van der Waals surface area contributed by atoms with Crippen molar-refractivity contribution < 1.29 is 0 Å². The monoisotopic (exact) mass is 376 g/mol. The quantitative estimate of drug-likeness (QED) is 0.658. The van der Waals surface area contributed by atoms with Crippen molar-refractivity contribution in [1.29, 1.82) is 0 Å². The molecule has 28 heavy (non-hydrogen) atoms. The van der Waals surface area contributed by atoms with Crippen LogP contribution in [0.5, 0.6) is 0 Å². The van der Waals surface area contributed by atoms with Crippen molar-refractivity contribution in [2.45, 2.75) is 32.9 Å². The third kappa shape index (κ3) is 4.32. The number of rotatable bonds is 6. The first-order chi connectivity index (χ1) is 13.7. The van der Waals surface area contributed by atoms with Crippen molar-refractivity contribution in [3.05, 3.63) is 66.5 Å². The van der Waals surface area contributed by atoms with E-state index in [2.05, 4.69) is 73.6 Å². The molecule has 0 N–H and O–H groups in total. The van der Waals surface area contributed by atoms with Crippen molar-refractivity contribution >= 4 is 11.6 Å². The summed E-state index contributed by atoms with van der Waals surface area (Å²) < 4.78 is 2.19. The number of anilines is 2. The van der Waals surface area contributed by atoms with E-state index in [1.54, 1.807) is 6.33 Å². The Bertz CT molecular complexity index is 891. The van der Waals surface area contributed by atoms with E-state index in [9.17, 15) is 0 Å². The van der Waals surface area contributed by atoms with Crippen LogP contribution in [0.1, 0.15) is 31.2 Å². The van der Waals surface area contributed by atoms with E-state index in [-0.39, 0.29) is 0 Å². The molecule has 6 heteroatoms. The number of piperidine rings is 1. The van der Waals surface area contributed by atoms with E-state index in [4.69, 9.17) is 0 Å². The first kappa shape index (κ1) is 18.5. The lowest BCUT2D eigenvalue weighted by atomic mass is 10.0. The van der Waals surface area contributed by atoms with Gasteiger partial charge in [-0.05, 0) is 24.3 Å². The molecule has 0 saturated carbocycles. The van der Waals surface area contributed by atoms with Gasteiger partial charge >= 0.3 is 0 Å². The molecule has 3 heterocycles. The minimum Gasteiger partial charge on any atom is -0.356 e. The highest BCUT2D eigenvalue weighted by Crippen LogP contribution is 2.23. The van der Waals surface area contributed by atoms with Gasteiger partial charge in [-0.3, -0.25) is 0 Å². The van der Waals surface area contributed by atoms with Crippen molar-refractivity contribution in [3.8, 4) is 0 Å². The number of aromatic nitrogens is 4. The van der Waals surface area contributed by atoms with Crippen LogP contribution in [-0.4, -0.2) is 39.7 Å². The number of benzene rings is 1. The minimum atomic E-state index is 0.701. The molecule has 0 bridgehead atoms. The molecule has 1 aliphatic heterocycles. The van der Waals surface area contributed by atoms with Crippen LogP contribution in [0.2, 0.25) is 0 Å². The zero-order valence-corrected chi connectivity index (χ0v) is 16.7. The maximum atomic E-state index is 4.57.